The Kier molecular flexibility index (Phi) is 2.94. The first kappa shape index (κ1) is 8.85. The summed E-state index contributed by atoms with van der Waals surface area (Å²) in [5.74, 6) is 0. The van der Waals surface area contributed by atoms with Gasteiger partial charge in [-0.15, -0.1) is 11.8 Å². The Morgan fingerprint density at radius 1 is 1.42 bits per heavy atom. The molecule has 0 aromatic heterocycles. The molecule has 2 fully saturated rings. The highest BCUT2D eigenvalue weighted by molar-refractivity contribution is 8.00. The van der Waals surface area contributed by atoms with Gasteiger partial charge >= 0.3 is 0 Å². The third-order valence-corrected chi connectivity index (χ3v) is 4.04. The minimum absolute atomic E-state index is 0.484. The van der Waals surface area contributed by atoms with Crippen LogP contribution in [0.1, 0.15) is 26.2 Å². The number of hydrogen-bond donors (Lipinski definition) is 1. The molecule has 2 heterocycles. The Hall–Kier alpha value is 0.270. The van der Waals surface area contributed by atoms with Gasteiger partial charge in [-0.25, -0.2) is 0 Å². The molecule has 2 rings (SSSR count). The summed E-state index contributed by atoms with van der Waals surface area (Å²) in [4.78, 5) is 0. The predicted molar refractivity (Wildman–Crippen MR) is 52.4 cm³/mol. The number of ether oxygens (including phenoxy) is 1. The van der Waals surface area contributed by atoms with Crippen LogP contribution in [-0.2, 0) is 4.74 Å². The van der Waals surface area contributed by atoms with Crippen LogP contribution in [0.5, 0.6) is 0 Å². The van der Waals surface area contributed by atoms with Crippen LogP contribution in [0.15, 0.2) is 0 Å². The van der Waals surface area contributed by atoms with E-state index in [1.165, 1.54) is 25.8 Å². The zero-order valence-corrected chi connectivity index (χ0v) is 8.40. The smallest absolute Gasteiger partial charge is 0.0822 e. The third kappa shape index (κ3) is 1.95. The van der Waals surface area contributed by atoms with E-state index in [1.807, 2.05) is 11.8 Å². The van der Waals surface area contributed by atoms with Crippen LogP contribution in [0.25, 0.3) is 0 Å². The van der Waals surface area contributed by atoms with Crippen LogP contribution in [0, 0.1) is 0 Å². The molecule has 3 unspecified atom stereocenters. The molecule has 3 atom stereocenters. The summed E-state index contributed by atoms with van der Waals surface area (Å²) in [6.07, 6.45) is 4.28. The average Bonchev–Trinajstić information content (AvgIpc) is 2.56. The molecule has 2 saturated heterocycles. The predicted octanol–water partition coefficient (Wildman–Crippen LogP) is 1.61. The molecule has 2 aliphatic heterocycles. The van der Waals surface area contributed by atoms with Crippen molar-refractivity contribution < 1.29 is 4.74 Å². The number of thioether (sulfide) groups is 1. The molecular formula is C9H17NOS. The second-order valence-electron chi connectivity index (χ2n) is 3.66. The van der Waals surface area contributed by atoms with Gasteiger partial charge in [0, 0.05) is 11.9 Å². The average molecular weight is 187 g/mol. The van der Waals surface area contributed by atoms with Gasteiger partial charge in [0.2, 0.25) is 0 Å². The second-order valence-corrected chi connectivity index (χ2v) is 5.25. The maximum atomic E-state index is 5.66. The lowest BCUT2D eigenvalue weighted by molar-refractivity contribution is 0.100. The molecule has 2 aliphatic rings. The molecule has 0 radical (unpaired) electrons. The van der Waals surface area contributed by atoms with Gasteiger partial charge in [0.15, 0.2) is 0 Å². The zero-order chi connectivity index (χ0) is 8.39. The highest BCUT2D eigenvalue weighted by atomic mass is 32.2. The van der Waals surface area contributed by atoms with E-state index in [-0.39, 0.29) is 0 Å². The Labute approximate surface area is 78.4 Å². The van der Waals surface area contributed by atoms with E-state index in [0.29, 0.717) is 11.5 Å². The lowest BCUT2D eigenvalue weighted by Gasteiger charge is -2.31. The van der Waals surface area contributed by atoms with Crippen molar-refractivity contribution in [3.05, 3.63) is 0 Å². The van der Waals surface area contributed by atoms with Gasteiger partial charge in [0.05, 0.1) is 11.5 Å². The molecule has 0 spiro atoms. The lowest BCUT2D eigenvalue weighted by atomic mass is 10.2. The van der Waals surface area contributed by atoms with Crippen LogP contribution in [0.2, 0.25) is 0 Å². The van der Waals surface area contributed by atoms with Gasteiger partial charge < -0.3 is 10.1 Å². The van der Waals surface area contributed by atoms with Crippen molar-refractivity contribution in [1.29, 1.82) is 0 Å². The highest BCUT2D eigenvalue weighted by Crippen LogP contribution is 2.29. The summed E-state index contributed by atoms with van der Waals surface area (Å²) in [5, 5.41) is 4.90. The molecule has 2 nitrogen and oxygen atoms in total. The van der Waals surface area contributed by atoms with E-state index in [1.54, 1.807) is 0 Å². The Morgan fingerprint density at radius 2 is 2.33 bits per heavy atom. The van der Waals surface area contributed by atoms with Gasteiger partial charge in [-0.2, -0.15) is 0 Å². The quantitative estimate of drug-likeness (QED) is 0.674. The van der Waals surface area contributed by atoms with E-state index in [4.69, 9.17) is 4.74 Å². The Balaban J connectivity index is 1.85. The van der Waals surface area contributed by atoms with E-state index in [2.05, 4.69) is 12.2 Å². The molecule has 12 heavy (non-hydrogen) atoms. The van der Waals surface area contributed by atoms with Crippen molar-refractivity contribution in [3.8, 4) is 0 Å². The van der Waals surface area contributed by atoms with Crippen LogP contribution >= 0.6 is 11.8 Å². The highest BCUT2D eigenvalue weighted by Gasteiger charge is 2.29. The first-order valence-electron chi connectivity index (χ1n) is 4.87. The van der Waals surface area contributed by atoms with Gasteiger partial charge in [-0.05, 0) is 25.8 Å². The topological polar surface area (TPSA) is 21.3 Å². The van der Waals surface area contributed by atoms with Crippen molar-refractivity contribution >= 4 is 11.8 Å². The van der Waals surface area contributed by atoms with Gasteiger partial charge in [-0.3, -0.25) is 0 Å². The Morgan fingerprint density at radius 3 is 3.00 bits per heavy atom. The van der Waals surface area contributed by atoms with Crippen LogP contribution in [-0.4, -0.2) is 29.9 Å². The van der Waals surface area contributed by atoms with E-state index < -0.39 is 0 Å². The molecule has 0 aromatic rings. The van der Waals surface area contributed by atoms with E-state index in [9.17, 15) is 0 Å². The summed E-state index contributed by atoms with van der Waals surface area (Å²) in [7, 11) is 0. The van der Waals surface area contributed by atoms with Gasteiger partial charge in [0.25, 0.3) is 0 Å². The number of nitrogens with one attached hydrogen (secondary N) is 1. The maximum absolute atomic E-state index is 5.66. The zero-order valence-electron chi connectivity index (χ0n) is 7.58. The van der Waals surface area contributed by atoms with E-state index >= 15 is 0 Å². The number of hydrogen-bond acceptors (Lipinski definition) is 3. The monoisotopic (exact) mass is 187 g/mol. The molecule has 0 amide bonds. The van der Waals surface area contributed by atoms with Crippen molar-refractivity contribution in [2.45, 2.75) is 42.9 Å². The molecule has 3 heteroatoms. The first-order valence-corrected chi connectivity index (χ1v) is 5.81. The molecule has 1 N–H and O–H groups in total. The van der Waals surface area contributed by atoms with E-state index in [0.717, 1.165) is 11.9 Å². The molecule has 70 valence electrons. The van der Waals surface area contributed by atoms with Crippen LogP contribution in [0.4, 0.5) is 0 Å². The summed E-state index contributed by atoms with van der Waals surface area (Å²) in [5.41, 5.74) is 0. The molecular weight excluding hydrogens is 170 g/mol. The Bertz CT molecular complexity index is 147. The van der Waals surface area contributed by atoms with Gasteiger partial charge in [0.1, 0.15) is 0 Å². The molecule has 0 bridgehead atoms. The minimum atomic E-state index is 0.484. The van der Waals surface area contributed by atoms with Crippen LogP contribution < -0.4 is 5.32 Å². The summed E-state index contributed by atoms with van der Waals surface area (Å²) in [6, 6.07) is 0. The van der Waals surface area contributed by atoms with Crippen molar-refractivity contribution in [1.82, 2.24) is 5.32 Å². The standard InChI is InChI=1S/C9H17NOS/c1-7-4-5-10-9(12-7)8-3-2-6-11-8/h7-10H,2-6H2,1H3. The summed E-state index contributed by atoms with van der Waals surface area (Å²) >= 11 is 2.05. The molecule has 0 saturated carbocycles. The van der Waals surface area contributed by atoms with Gasteiger partial charge in [-0.1, -0.05) is 6.92 Å². The van der Waals surface area contributed by atoms with Crippen LogP contribution in [0.3, 0.4) is 0 Å². The first-order chi connectivity index (χ1) is 5.86. The summed E-state index contributed by atoms with van der Waals surface area (Å²) in [6.45, 7) is 4.45. The lowest BCUT2D eigenvalue weighted by Crippen LogP contribution is -2.42. The maximum Gasteiger partial charge on any atom is 0.0822 e. The SMILES string of the molecule is CC1CCNC(C2CCCO2)S1. The fraction of sp³-hybridized carbons (Fsp3) is 1.00. The van der Waals surface area contributed by atoms with Crippen molar-refractivity contribution in [3.63, 3.8) is 0 Å². The second kappa shape index (κ2) is 3.99. The summed E-state index contributed by atoms with van der Waals surface area (Å²) < 4.78 is 5.66. The number of rotatable bonds is 1. The van der Waals surface area contributed by atoms with Crippen molar-refractivity contribution in [2.24, 2.45) is 0 Å². The third-order valence-electron chi connectivity index (χ3n) is 2.58. The minimum Gasteiger partial charge on any atom is -0.376 e. The molecule has 0 aliphatic carbocycles. The molecule has 0 aromatic carbocycles. The fourth-order valence-corrected chi connectivity index (χ4v) is 3.21. The fourth-order valence-electron chi connectivity index (χ4n) is 1.86. The largest absolute Gasteiger partial charge is 0.376 e. The normalized spacial score (nSPS) is 43.2. The van der Waals surface area contributed by atoms with Crippen molar-refractivity contribution in [2.75, 3.05) is 13.2 Å².